The summed E-state index contributed by atoms with van der Waals surface area (Å²) in [4.78, 5) is 4.37. The number of pyridine rings is 1. The minimum Gasteiger partial charge on any atom is -0.339 e. The van der Waals surface area contributed by atoms with Crippen molar-refractivity contribution in [1.82, 2.24) is 4.98 Å². The van der Waals surface area contributed by atoms with Gasteiger partial charge in [-0.3, -0.25) is 0 Å². The summed E-state index contributed by atoms with van der Waals surface area (Å²) >= 11 is 6.94. The minimum atomic E-state index is 0.875. The predicted molar refractivity (Wildman–Crippen MR) is 78.8 cm³/mol. The maximum atomic E-state index is 4.37. The molecule has 0 saturated heterocycles. The summed E-state index contributed by atoms with van der Waals surface area (Å²) in [6, 6.07) is 8.23. The van der Waals surface area contributed by atoms with Crippen molar-refractivity contribution in [2.24, 2.45) is 0 Å². The van der Waals surface area contributed by atoms with Gasteiger partial charge in [-0.05, 0) is 75.0 Å². The van der Waals surface area contributed by atoms with Crippen LogP contribution >= 0.6 is 31.9 Å². The number of aromatic nitrogens is 1. The molecule has 1 aromatic carbocycles. The summed E-state index contributed by atoms with van der Waals surface area (Å²) in [5.74, 6) is 0.875. The van der Waals surface area contributed by atoms with E-state index in [1.54, 1.807) is 6.20 Å². The number of nitrogens with one attached hydrogen (secondary N) is 1. The monoisotopic (exact) mass is 354 g/mol. The van der Waals surface area contributed by atoms with Crippen molar-refractivity contribution in [1.29, 1.82) is 0 Å². The number of hydrogen-bond acceptors (Lipinski definition) is 2. The Morgan fingerprint density at radius 2 is 1.88 bits per heavy atom. The second-order valence-electron chi connectivity index (χ2n) is 3.93. The molecule has 88 valence electrons. The molecule has 0 aliphatic heterocycles. The highest BCUT2D eigenvalue weighted by Crippen LogP contribution is 2.28. The second kappa shape index (κ2) is 5.19. The molecule has 1 N–H and O–H groups in total. The normalized spacial score (nSPS) is 10.4. The van der Waals surface area contributed by atoms with E-state index in [1.807, 2.05) is 19.1 Å². The van der Waals surface area contributed by atoms with Crippen LogP contribution in [0.5, 0.6) is 0 Å². The van der Waals surface area contributed by atoms with Crippen LogP contribution in [0.15, 0.2) is 39.4 Å². The molecule has 0 aliphatic rings. The van der Waals surface area contributed by atoms with Gasteiger partial charge in [0, 0.05) is 15.1 Å². The molecule has 1 heterocycles. The molecule has 0 atom stereocenters. The zero-order chi connectivity index (χ0) is 12.4. The topological polar surface area (TPSA) is 24.9 Å². The van der Waals surface area contributed by atoms with Gasteiger partial charge in [0.25, 0.3) is 0 Å². The van der Waals surface area contributed by atoms with E-state index >= 15 is 0 Å². The molecule has 17 heavy (non-hydrogen) atoms. The van der Waals surface area contributed by atoms with E-state index in [4.69, 9.17) is 0 Å². The molecule has 0 saturated carbocycles. The Hall–Kier alpha value is -0.870. The van der Waals surface area contributed by atoms with Crippen LogP contribution in [-0.4, -0.2) is 4.98 Å². The average Bonchev–Trinajstić information content (AvgIpc) is 2.27. The first kappa shape index (κ1) is 12.6. The molecule has 2 aromatic rings. The van der Waals surface area contributed by atoms with E-state index in [0.29, 0.717) is 0 Å². The Balaban J connectivity index is 2.34. The van der Waals surface area contributed by atoms with E-state index in [9.17, 15) is 0 Å². The molecule has 1 aromatic heterocycles. The van der Waals surface area contributed by atoms with E-state index in [-0.39, 0.29) is 0 Å². The predicted octanol–water partition coefficient (Wildman–Crippen LogP) is 4.97. The number of hydrogen-bond donors (Lipinski definition) is 1. The van der Waals surface area contributed by atoms with Gasteiger partial charge < -0.3 is 5.32 Å². The van der Waals surface area contributed by atoms with Gasteiger partial charge in [0.05, 0.1) is 5.69 Å². The van der Waals surface area contributed by atoms with Gasteiger partial charge in [-0.15, -0.1) is 0 Å². The first-order valence-electron chi connectivity index (χ1n) is 5.21. The summed E-state index contributed by atoms with van der Waals surface area (Å²) in [6.45, 7) is 4.10. The van der Waals surface area contributed by atoms with Crippen molar-refractivity contribution in [3.8, 4) is 0 Å². The van der Waals surface area contributed by atoms with Crippen molar-refractivity contribution in [2.75, 3.05) is 5.32 Å². The van der Waals surface area contributed by atoms with Gasteiger partial charge in [-0.1, -0.05) is 6.07 Å². The summed E-state index contributed by atoms with van der Waals surface area (Å²) in [7, 11) is 0. The van der Waals surface area contributed by atoms with Crippen LogP contribution in [-0.2, 0) is 0 Å². The third-order valence-corrected chi connectivity index (χ3v) is 3.55. The van der Waals surface area contributed by atoms with Crippen LogP contribution < -0.4 is 5.32 Å². The first-order chi connectivity index (χ1) is 8.06. The Morgan fingerprint density at radius 1 is 1.12 bits per heavy atom. The van der Waals surface area contributed by atoms with Gasteiger partial charge in [-0.2, -0.15) is 0 Å². The Morgan fingerprint density at radius 3 is 2.59 bits per heavy atom. The molecule has 2 rings (SSSR count). The molecule has 0 aliphatic carbocycles. The van der Waals surface area contributed by atoms with Crippen LogP contribution in [0.4, 0.5) is 11.5 Å². The second-order valence-corrected chi connectivity index (χ2v) is 5.70. The molecule has 0 spiro atoms. The SMILES string of the molecule is Cc1ccc(Br)c(Nc2ncc(Br)cc2C)c1. The third kappa shape index (κ3) is 3.07. The molecule has 2 nitrogen and oxygen atoms in total. The summed E-state index contributed by atoms with van der Waals surface area (Å²) in [6.07, 6.45) is 1.79. The highest BCUT2D eigenvalue weighted by molar-refractivity contribution is 9.10. The quantitative estimate of drug-likeness (QED) is 0.822. The lowest BCUT2D eigenvalue weighted by molar-refractivity contribution is 1.24. The van der Waals surface area contributed by atoms with Crippen LogP contribution in [0.25, 0.3) is 0 Å². The van der Waals surface area contributed by atoms with Crippen molar-refractivity contribution in [3.63, 3.8) is 0 Å². The van der Waals surface area contributed by atoms with Crippen molar-refractivity contribution >= 4 is 43.4 Å². The van der Waals surface area contributed by atoms with Gasteiger partial charge in [0.15, 0.2) is 0 Å². The summed E-state index contributed by atoms with van der Waals surface area (Å²) in [5.41, 5.74) is 3.35. The Labute approximate surface area is 118 Å². The fourth-order valence-corrected chi connectivity index (χ4v) is 2.33. The van der Waals surface area contributed by atoms with Crippen molar-refractivity contribution < 1.29 is 0 Å². The molecule has 4 heteroatoms. The van der Waals surface area contributed by atoms with Gasteiger partial charge >= 0.3 is 0 Å². The lowest BCUT2D eigenvalue weighted by atomic mass is 10.2. The van der Waals surface area contributed by atoms with E-state index in [0.717, 1.165) is 26.0 Å². The highest BCUT2D eigenvalue weighted by Gasteiger charge is 2.04. The smallest absolute Gasteiger partial charge is 0.133 e. The van der Waals surface area contributed by atoms with Crippen LogP contribution in [0.1, 0.15) is 11.1 Å². The van der Waals surface area contributed by atoms with Gasteiger partial charge in [0.2, 0.25) is 0 Å². The average molecular weight is 356 g/mol. The van der Waals surface area contributed by atoms with Gasteiger partial charge in [0.1, 0.15) is 5.82 Å². The zero-order valence-electron chi connectivity index (χ0n) is 9.59. The number of aryl methyl sites for hydroxylation is 2. The molecule has 0 fully saturated rings. The minimum absolute atomic E-state index is 0.875. The molecule has 0 amide bonds. The van der Waals surface area contributed by atoms with Crippen LogP contribution in [0.2, 0.25) is 0 Å². The molecule has 0 radical (unpaired) electrons. The fourth-order valence-electron chi connectivity index (χ4n) is 1.53. The van der Waals surface area contributed by atoms with Gasteiger partial charge in [-0.25, -0.2) is 4.98 Å². The standard InChI is InChI=1S/C13H12Br2N2/c1-8-3-4-11(15)12(5-8)17-13-9(2)6-10(14)7-16-13/h3-7H,1-2H3,(H,16,17). The lowest BCUT2D eigenvalue weighted by Gasteiger charge is -2.11. The number of nitrogens with zero attached hydrogens (tertiary/aromatic N) is 1. The van der Waals surface area contributed by atoms with Crippen LogP contribution in [0, 0.1) is 13.8 Å². The van der Waals surface area contributed by atoms with E-state index in [2.05, 4.69) is 61.2 Å². The maximum Gasteiger partial charge on any atom is 0.133 e. The third-order valence-electron chi connectivity index (χ3n) is 2.42. The molecular weight excluding hydrogens is 344 g/mol. The van der Waals surface area contributed by atoms with E-state index < -0.39 is 0 Å². The summed E-state index contributed by atoms with van der Waals surface area (Å²) < 4.78 is 2.02. The Kier molecular flexibility index (Phi) is 3.84. The molecule has 0 bridgehead atoms. The maximum absolute atomic E-state index is 4.37. The lowest BCUT2D eigenvalue weighted by Crippen LogP contribution is -1.97. The zero-order valence-corrected chi connectivity index (χ0v) is 12.8. The molecular formula is C13H12Br2N2. The highest BCUT2D eigenvalue weighted by atomic mass is 79.9. The van der Waals surface area contributed by atoms with E-state index in [1.165, 1.54) is 5.56 Å². The number of anilines is 2. The van der Waals surface area contributed by atoms with Crippen molar-refractivity contribution in [2.45, 2.75) is 13.8 Å². The molecule has 0 unspecified atom stereocenters. The van der Waals surface area contributed by atoms with Crippen molar-refractivity contribution in [3.05, 3.63) is 50.5 Å². The largest absolute Gasteiger partial charge is 0.339 e. The summed E-state index contributed by atoms with van der Waals surface area (Å²) in [5, 5.41) is 3.33. The Bertz CT molecular complexity index is 553. The number of benzene rings is 1. The van der Waals surface area contributed by atoms with Crippen LogP contribution in [0.3, 0.4) is 0 Å². The first-order valence-corrected chi connectivity index (χ1v) is 6.80. The number of halogens is 2. The number of rotatable bonds is 2. The fraction of sp³-hybridized carbons (Fsp3) is 0.154.